The van der Waals surface area contributed by atoms with E-state index in [9.17, 15) is 22.8 Å². The van der Waals surface area contributed by atoms with Gasteiger partial charge >= 0.3 is 6.03 Å². The van der Waals surface area contributed by atoms with Crippen LogP contribution < -0.4 is 26.0 Å². The first-order valence-corrected chi connectivity index (χ1v) is 11.5. The number of benzene rings is 2. The Kier molecular flexibility index (Phi) is 7.11. The van der Waals surface area contributed by atoms with Gasteiger partial charge in [-0.15, -0.1) is 0 Å². The minimum absolute atomic E-state index is 0.0360. The second-order valence-electron chi connectivity index (χ2n) is 7.49. The van der Waals surface area contributed by atoms with Gasteiger partial charge in [-0.05, 0) is 68.3 Å². The topological polar surface area (TPSA) is 146 Å². The second kappa shape index (κ2) is 9.79. The SMILES string of the molecule is CC(=O)Nc1ccc(S(=O)(=O)N[C@@H](C)C(=O)Nc2ccc(NC(=O)NC3CC3)cc2)cc1. The van der Waals surface area contributed by atoms with Crippen molar-refractivity contribution in [2.45, 2.75) is 43.7 Å². The highest BCUT2D eigenvalue weighted by Crippen LogP contribution is 2.19. The van der Waals surface area contributed by atoms with Crippen LogP contribution in [0, 0.1) is 0 Å². The van der Waals surface area contributed by atoms with E-state index in [4.69, 9.17) is 0 Å². The van der Waals surface area contributed by atoms with Crippen molar-refractivity contribution in [3.63, 3.8) is 0 Å². The number of carbonyl (C=O) groups is 3. The van der Waals surface area contributed by atoms with E-state index in [2.05, 4.69) is 26.0 Å². The monoisotopic (exact) mass is 459 g/mol. The molecule has 0 unspecified atom stereocenters. The molecule has 5 N–H and O–H groups in total. The molecule has 170 valence electrons. The quantitative estimate of drug-likeness (QED) is 0.411. The van der Waals surface area contributed by atoms with E-state index in [1.165, 1.54) is 38.1 Å². The highest BCUT2D eigenvalue weighted by Gasteiger charge is 2.24. The summed E-state index contributed by atoms with van der Waals surface area (Å²) in [5.74, 6) is -0.815. The average Bonchev–Trinajstić information content (AvgIpc) is 3.53. The van der Waals surface area contributed by atoms with Gasteiger partial charge in [0.05, 0.1) is 10.9 Å². The molecular weight excluding hydrogens is 434 g/mol. The van der Waals surface area contributed by atoms with Gasteiger partial charge in [0.15, 0.2) is 0 Å². The van der Waals surface area contributed by atoms with Crippen molar-refractivity contribution in [1.82, 2.24) is 10.0 Å². The first kappa shape index (κ1) is 23.2. The van der Waals surface area contributed by atoms with Gasteiger partial charge in [0.25, 0.3) is 0 Å². The molecule has 2 aromatic rings. The minimum Gasteiger partial charge on any atom is -0.335 e. The summed E-state index contributed by atoms with van der Waals surface area (Å²) in [6, 6.07) is 11.0. The van der Waals surface area contributed by atoms with Crippen LogP contribution in [0.4, 0.5) is 21.9 Å². The summed E-state index contributed by atoms with van der Waals surface area (Å²) >= 11 is 0. The van der Waals surface area contributed by atoms with Gasteiger partial charge < -0.3 is 21.3 Å². The van der Waals surface area contributed by atoms with Crippen LogP contribution >= 0.6 is 0 Å². The summed E-state index contributed by atoms with van der Waals surface area (Å²) in [6.45, 7) is 2.78. The zero-order valence-electron chi connectivity index (χ0n) is 17.6. The summed E-state index contributed by atoms with van der Waals surface area (Å²) in [5.41, 5.74) is 1.48. The Hall–Kier alpha value is -3.44. The van der Waals surface area contributed by atoms with Gasteiger partial charge in [-0.3, -0.25) is 9.59 Å². The summed E-state index contributed by atoms with van der Waals surface area (Å²) in [5, 5.41) is 10.7. The molecule has 0 aromatic heterocycles. The Labute approximate surface area is 186 Å². The molecule has 4 amide bonds. The molecule has 1 aliphatic carbocycles. The van der Waals surface area contributed by atoms with Crippen LogP contribution in [0.1, 0.15) is 26.7 Å². The molecule has 0 saturated heterocycles. The number of amides is 4. The van der Waals surface area contributed by atoms with Crippen LogP contribution in [-0.4, -0.2) is 38.3 Å². The Morgan fingerprint density at radius 1 is 0.844 bits per heavy atom. The maximum atomic E-state index is 12.5. The summed E-state index contributed by atoms with van der Waals surface area (Å²) in [7, 11) is -3.95. The molecule has 0 spiro atoms. The standard InChI is InChI=1S/C21H25N5O5S/c1-13(26-32(30,31)19-11-9-15(10-12-19)22-14(2)27)20(28)23-16-3-5-17(6-4-16)24-21(29)25-18-7-8-18/h3-6,9-13,18,26H,7-8H2,1-2H3,(H,22,27)(H,23,28)(H2,24,25,29)/t13-/m0/s1. The second-order valence-corrected chi connectivity index (χ2v) is 9.20. The normalized spacial score (nSPS) is 14.2. The molecule has 3 rings (SSSR count). The third-order valence-corrected chi connectivity index (χ3v) is 6.09. The Morgan fingerprint density at radius 3 is 1.88 bits per heavy atom. The molecule has 0 aliphatic heterocycles. The molecule has 32 heavy (non-hydrogen) atoms. The molecule has 1 aliphatic rings. The lowest BCUT2D eigenvalue weighted by Crippen LogP contribution is -2.41. The lowest BCUT2D eigenvalue weighted by Gasteiger charge is -2.15. The van der Waals surface area contributed by atoms with Gasteiger partial charge in [-0.25, -0.2) is 13.2 Å². The van der Waals surface area contributed by atoms with E-state index in [1.807, 2.05) is 0 Å². The average molecular weight is 460 g/mol. The Balaban J connectivity index is 1.54. The summed E-state index contributed by atoms with van der Waals surface area (Å²) < 4.78 is 27.4. The number of carbonyl (C=O) groups excluding carboxylic acids is 3. The predicted molar refractivity (Wildman–Crippen MR) is 121 cm³/mol. The largest absolute Gasteiger partial charge is 0.335 e. The first-order valence-electron chi connectivity index (χ1n) is 10.0. The van der Waals surface area contributed by atoms with Gasteiger partial charge in [-0.2, -0.15) is 4.72 Å². The Bertz CT molecular complexity index is 1100. The van der Waals surface area contributed by atoms with Crippen molar-refractivity contribution in [3.8, 4) is 0 Å². The molecule has 1 fully saturated rings. The molecule has 10 nitrogen and oxygen atoms in total. The summed E-state index contributed by atoms with van der Waals surface area (Å²) in [6.07, 6.45) is 1.98. The van der Waals surface area contributed by atoms with E-state index < -0.39 is 22.0 Å². The Morgan fingerprint density at radius 2 is 1.34 bits per heavy atom. The number of urea groups is 1. The lowest BCUT2D eigenvalue weighted by molar-refractivity contribution is -0.117. The van der Waals surface area contributed by atoms with Crippen molar-refractivity contribution in [2.75, 3.05) is 16.0 Å². The van der Waals surface area contributed by atoms with Crippen molar-refractivity contribution in [2.24, 2.45) is 0 Å². The highest BCUT2D eigenvalue weighted by molar-refractivity contribution is 7.89. The van der Waals surface area contributed by atoms with Crippen LogP contribution in [-0.2, 0) is 19.6 Å². The highest BCUT2D eigenvalue weighted by atomic mass is 32.2. The number of rotatable bonds is 8. The van der Waals surface area contributed by atoms with Crippen molar-refractivity contribution < 1.29 is 22.8 Å². The number of sulfonamides is 1. The molecule has 11 heteroatoms. The van der Waals surface area contributed by atoms with E-state index >= 15 is 0 Å². The van der Waals surface area contributed by atoms with Gasteiger partial charge in [0, 0.05) is 30.0 Å². The van der Waals surface area contributed by atoms with E-state index in [-0.39, 0.29) is 22.9 Å². The third kappa shape index (κ3) is 6.79. The fourth-order valence-electron chi connectivity index (χ4n) is 2.74. The van der Waals surface area contributed by atoms with E-state index in [1.54, 1.807) is 24.3 Å². The molecule has 2 aromatic carbocycles. The van der Waals surface area contributed by atoms with Crippen LogP contribution in [0.25, 0.3) is 0 Å². The maximum Gasteiger partial charge on any atom is 0.319 e. The van der Waals surface area contributed by atoms with E-state index in [0.29, 0.717) is 17.1 Å². The molecule has 0 radical (unpaired) electrons. The molecule has 1 saturated carbocycles. The third-order valence-electron chi connectivity index (χ3n) is 4.53. The number of hydrogen-bond donors (Lipinski definition) is 5. The van der Waals surface area contributed by atoms with Crippen LogP contribution in [0.5, 0.6) is 0 Å². The van der Waals surface area contributed by atoms with Crippen LogP contribution in [0.2, 0.25) is 0 Å². The first-order chi connectivity index (χ1) is 15.1. The zero-order valence-corrected chi connectivity index (χ0v) is 18.5. The zero-order chi connectivity index (χ0) is 23.3. The molecular formula is C21H25N5O5S. The van der Waals surface area contributed by atoms with Gasteiger partial charge in [-0.1, -0.05) is 0 Å². The maximum absolute atomic E-state index is 12.5. The number of anilines is 3. The summed E-state index contributed by atoms with van der Waals surface area (Å²) in [4.78, 5) is 35.2. The van der Waals surface area contributed by atoms with Crippen molar-refractivity contribution in [1.29, 1.82) is 0 Å². The fraction of sp³-hybridized carbons (Fsp3) is 0.286. The van der Waals surface area contributed by atoms with Crippen molar-refractivity contribution >= 4 is 44.9 Å². The van der Waals surface area contributed by atoms with Crippen LogP contribution in [0.15, 0.2) is 53.4 Å². The molecule has 1 atom stereocenters. The van der Waals surface area contributed by atoms with Crippen molar-refractivity contribution in [3.05, 3.63) is 48.5 Å². The predicted octanol–water partition coefficient (Wildman–Crippen LogP) is 2.23. The van der Waals surface area contributed by atoms with Gasteiger partial charge in [0.2, 0.25) is 21.8 Å². The molecule has 0 heterocycles. The van der Waals surface area contributed by atoms with E-state index in [0.717, 1.165) is 12.8 Å². The van der Waals surface area contributed by atoms with Gasteiger partial charge in [0.1, 0.15) is 0 Å². The fourth-order valence-corrected chi connectivity index (χ4v) is 3.95. The number of nitrogens with one attached hydrogen (secondary N) is 5. The molecule has 0 bridgehead atoms. The smallest absolute Gasteiger partial charge is 0.319 e. The van der Waals surface area contributed by atoms with Crippen LogP contribution in [0.3, 0.4) is 0 Å². The minimum atomic E-state index is -3.95. The number of hydrogen-bond acceptors (Lipinski definition) is 5. The lowest BCUT2D eigenvalue weighted by atomic mass is 10.2.